The molecule has 1 heterocycles. The molecule has 34 heavy (non-hydrogen) atoms. The van der Waals surface area contributed by atoms with E-state index in [2.05, 4.69) is 5.10 Å². The Kier molecular flexibility index (Phi) is 7.03. The summed E-state index contributed by atoms with van der Waals surface area (Å²) in [5.74, 6) is -0.470. The molecule has 1 aliphatic rings. The molecule has 1 fully saturated rings. The second kappa shape index (κ2) is 9.97. The summed E-state index contributed by atoms with van der Waals surface area (Å²) in [6, 6.07) is 12.6. The van der Waals surface area contributed by atoms with E-state index in [1.165, 1.54) is 0 Å². The third-order valence-corrected chi connectivity index (χ3v) is 7.10. The predicted octanol–water partition coefficient (Wildman–Crippen LogP) is 4.12. The van der Waals surface area contributed by atoms with Gasteiger partial charge in [-0.2, -0.15) is 9.78 Å². The molecule has 8 heteroatoms. The summed E-state index contributed by atoms with van der Waals surface area (Å²) >= 11 is 6.31. The largest absolute Gasteiger partial charge is 0.352 e. The van der Waals surface area contributed by atoms with Crippen LogP contribution in [-0.2, 0) is 6.54 Å². The van der Waals surface area contributed by atoms with Gasteiger partial charge in [-0.25, -0.2) is 4.79 Å². The smallest absolute Gasteiger partial charge is 0.337 e. The highest BCUT2D eigenvalue weighted by molar-refractivity contribution is 6.31. The summed E-state index contributed by atoms with van der Waals surface area (Å²) < 4.78 is 2.19. The maximum atomic E-state index is 13.5. The fraction of sp³-hybridized carbons (Fsp3) is 0.385. The molecule has 2 aromatic carbocycles. The average molecular weight is 481 g/mol. The quantitative estimate of drug-likeness (QED) is 0.550. The molecule has 0 spiro atoms. The van der Waals surface area contributed by atoms with Gasteiger partial charge in [0.15, 0.2) is 0 Å². The Labute approximate surface area is 203 Å². The summed E-state index contributed by atoms with van der Waals surface area (Å²) in [6.45, 7) is 3.85. The zero-order chi connectivity index (χ0) is 24.4. The highest BCUT2D eigenvalue weighted by Gasteiger charge is 2.28. The van der Waals surface area contributed by atoms with Crippen LogP contribution in [0.4, 0.5) is 0 Å². The lowest BCUT2D eigenvalue weighted by atomic mass is 9.94. The van der Waals surface area contributed by atoms with Gasteiger partial charge in [-0.1, -0.05) is 55.1 Å². The molecule has 0 atom stereocenters. The number of carbonyl (C=O) groups excluding carboxylic acids is 1. The molecule has 0 unspecified atom stereocenters. The fourth-order valence-electron chi connectivity index (χ4n) is 4.41. The number of nitrogens with zero attached hydrogens (tertiary/aromatic N) is 4. The number of hydrogen-bond acceptors (Lipinski definition) is 4. The Morgan fingerprint density at radius 3 is 2.44 bits per heavy atom. The van der Waals surface area contributed by atoms with Gasteiger partial charge in [-0.05, 0) is 61.6 Å². The van der Waals surface area contributed by atoms with Crippen molar-refractivity contribution in [3.63, 3.8) is 0 Å². The number of halogens is 1. The molecule has 178 valence electrons. The second-order valence-corrected chi connectivity index (χ2v) is 9.41. The zero-order valence-corrected chi connectivity index (χ0v) is 20.5. The van der Waals surface area contributed by atoms with Gasteiger partial charge in [0, 0.05) is 18.1 Å². The number of amides is 1. The average Bonchev–Trinajstić information content (AvgIpc) is 2.84. The van der Waals surface area contributed by atoms with Crippen molar-refractivity contribution in [2.45, 2.75) is 58.5 Å². The maximum absolute atomic E-state index is 13.5. The number of hydrogen-bond donors (Lipinski definition) is 0. The Balaban J connectivity index is 1.87. The SMILES string of the molecule is Cc1ccc(-n2nc(C(=O)N(C)C3CCCCC3)c(=O)n(Cc3ccccc3Cl)c2=O)cc1C. The van der Waals surface area contributed by atoms with Crippen molar-refractivity contribution in [2.24, 2.45) is 0 Å². The van der Waals surface area contributed by atoms with Gasteiger partial charge in [-0.3, -0.25) is 14.2 Å². The first-order chi connectivity index (χ1) is 16.3. The van der Waals surface area contributed by atoms with Gasteiger partial charge in [0.05, 0.1) is 12.2 Å². The van der Waals surface area contributed by atoms with Crippen molar-refractivity contribution in [3.05, 3.63) is 90.7 Å². The van der Waals surface area contributed by atoms with Crippen LogP contribution in [-0.4, -0.2) is 38.2 Å². The standard InChI is InChI=1S/C26H29ClN4O3/c1-17-13-14-21(15-18(17)2)31-26(34)30(16-19-9-7-8-12-22(19)27)25(33)23(28-31)24(32)29(3)20-10-5-4-6-11-20/h7-9,12-15,20H,4-6,10-11,16H2,1-3H3. The third kappa shape index (κ3) is 4.71. The van der Waals surface area contributed by atoms with Gasteiger partial charge in [0.25, 0.3) is 11.5 Å². The normalized spacial score (nSPS) is 14.2. The number of aryl methyl sites for hydroxylation is 2. The van der Waals surface area contributed by atoms with Crippen molar-refractivity contribution in [2.75, 3.05) is 7.05 Å². The molecule has 0 radical (unpaired) electrons. The summed E-state index contributed by atoms with van der Waals surface area (Å²) in [5, 5.41) is 4.74. The lowest BCUT2D eigenvalue weighted by Crippen LogP contribution is -2.48. The van der Waals surface area contributed by atoms with Gasteiger partial charge in [0.1, 0.15) is 0 Å². The Bertz CT molecular complexity index is 1340. The lowest BCUT2D eigenvalue weighted by molar-refractivity contribution is 0.0684. The van der Waals surface area contributed by atoms with E-state index >= 15 is 0 Å². The second-order valence-electron chi connectivity index (χ2n) is 9.00. The van der Waals surface area contributed by atoms with Crippen molar-refractivity contribution < 1.29 is 4.79 Å². The van der Waals surface area contributed by atoms with E-state index in [-0.39, 0.29) is 18.3 Å². The van der Waals surface area contributed by atoms with Crippen molar-refractivity contribution in [3.8, 4) is 5.69 Å². The van der Waals surface area contributed by atoms with Crippen LogP contribution in [0.1, 0.15) is 59.3 Å². The molecule has 1 aromatic heterocycles. The first-order valence-corrected chi connectivity index (χ1v) is 12.0. The summed E-state index contributed by atoms with van der Waals surface area (Å²) in [6.07, 6.45) is 5.04. The van der Waals surface area contributed by atoms with Crippen LogP contribution in [0.5, 0.6) is 0 Å². The Hall–Kier alpha value is -3.19. The zero-order valence-electron chi connectivity index (χ0n) is 19.8. The number of rotatable bonds is 5. The van der Waals surface area contributed by atoms with Crippen molar-refractivity contribution in [1.82, 2.24) is 19.2 Å². The van der Waals surface area contributed by atoms with E-state index in [0.29, 0.717) is 16.3 Å². The van der Waals surface area contributed by atoms with Gasteiger partial charge in [0.2, 0.25) is 5.69 Å². The van der Waals surface area contributed by atoms with Crippen LogP contribution in [0.2, 0.25) is 5.02 Å². The molecule has 1 amide bonds. The maximum Gasteiger partial charge on any atom is 0.352 e. The summed E-state index contributed by atoms with van der Waals surface area (Å²) in [5.41, 5.74) is 1.55. The highest BCUT2D eigenvalue weighted by Crippen LogP contribution is 2.22. The Morgan fingerprint density at radius 2 is 1.76 bits per heavy atom. The molecule has 1 aliphatic carbocycles. The molecule has 0 aliphatic heterocycles. The highest BCUT2D eigenvalue weighted by atomic mass is 35.5. The van der Waals surface area contributed by atoms with Gasteiger partial charge < -0.3 is 4.90 Å². The van der Waals surface area contributed by atoms with Gasteiger partial charge in [-0.15, -0.1) is 0 Å². The molecular formula is C26H29ClN4O3. The molecular weight excluding hydrogens is 452 g/mol. The molecule has 0 N–H and O–H groups in total. The number of benzene rings is 2. The van der Waals surface area contributed by atoms with Crippen LogP contribution in [0.3, 0.4) is 0 Å². The van der Waals surface area contributed by atoms with Crippen molar-refractivity contribution in [1.29, 1.82) is 0 Å². The molecule has 0 bridgehead atoms. The van der Waals surface area contributed by atoms with E-state index in [4.69, 9.17) is 11.6 Å². The fourth-order valence-corrected chi connectivity index (χ4v) is 4.61. The topological polar surface area (TPSA) is 77.2 Å². The van der Waals surface area contributed by atoms with Crippen LogP contribution < -0.4 is 11.2 Å². The van der Waals surface area contributed by atoms with E-state index in [1.54, 1.807) is 42.3 Å². The van der Waals surface area contributed by atoms with Crippen LogP contribution in [0, 0.1) is 13.8 Å². The number of carbonyl (C=O) groups is 1. The minimum absolute atomic E-state index is 0.0569. The number of aromatic nitrogens is 3. The minimum atomic E-state index is -0.710. The van der Waals surface area contributed by atoms with Crippen LogP contribution in [0.15, 0.2) is 52.1 Å². The van der Waals surface area contributed by atoms with Gasteiger partial charge >= 0.3 is 5.69 Å². The van der Waals surface area contributed by atoms with E-state index < -0.39 is 17.2 Å². The van der Waals surface area contributed by atoms with E-state index in [1.807, 2.05) is 26.0 Å². The molecule has 0 saturated heterocycles. The molecule has 7 nitrogen and oxygen atoms in total. The summed E-state index contributed by atoms with van der Waals surface area (Å²) in [7, 11) is 1.71. The monoisotopic (exact) mass is 480 g/mol. The van der Waals surface area contributed by atoms with E-state index in [0.717, 1.165) is 52.5 Å². The summed E-state index contributed by atoms with van der Waals surface area (Å²) in [4.78, 5) is 41.9. The van der Waals surface area contributed by atoms with Crippen LogP contribution in [0.25, 0.3) is 5.69 Å². The Morgan fingerprint density at radius 1 is 1.06 bits per heavy atom. The lowest BCUT2D eigenvalue weighted by Gasteiger charge is -2.30. The van der Waals surface area contributed by atoms with Crippen LogP contribution >= 0.6 is 11.6 Å². The van der Waals surface area contributed by atoms with E-state index in [9.17, 15) is 14.4 Å². The third-order valence-electron chi connectivity index (χ3n) is 6.73. The van der Waals surface area contributed by atoms with Crippen molar-refractivity contribution >= 4 is 17.5 Å². The first-order valence-electron chi connectivity index (χ1n) is 11.6. The molecule has 3 aromatic rings. The first kappa shape index (κ1) is 24.0. The predicted molar refractivity (Wildman–Crippen MR) is 133 cm³/mol. The minimum Gasteiger partial charge on any atom is -0.337 e. The molecule has 1 saturated carbocycles. The molecule has 4 rings (SSSR count).